The van der Waals surface area contributed by atoms with Gasteiger partial charge in [-0.3, -0.25) is 4.98 Å². The van der Waals surface area contributed by atoms with Crippen LogP contribution in [-0.2, 0) is 0 Å². The lowest BCUT2D eigenvalue weighted by Gasteiger charge is -2.12. The van der Waals surface area contributed by atoms with E-state index in [1.807, 2.05) is 12.1 Å². The zero-order valence-corrected chi connectivity index (χ0v) is 13.0. The number of halogens is 2. The van der Waals surface area contributed by atoms with Crippen molar-refractivity contribution in [2.45, 2.75) is 25.7 Å². The number of benzene rings is 1. The van der Waals surface area contributed by atoms with Gasteiger partial charge in [-0.2, -0.15) is 0 Å². The summed E-state index contributed by atoms with van der Waals surface area (Å²) in [6, 6.07) is 6.17. The second kappa shape index (κ2) is 4.85. The van der Waals surface area contributed by atoms with E-state index in [4.69, 9.17) is 16.6 Å². The molecule has 1 aliphatic carbocycles. The van der Waals surface area contributed by atoms with Gasteiger partial charge in [0.25, 0.3) is 0 Å². The number of nitrogens with one attached hydrogen (secondary N) is 1. The van der Waals surface area contributed by atoms with Gasteiger partial charge in [0, 0.05) is 37.8 Å². The summed E-state index contributed by atoms with van der Waals surface area (Å²) in [4.78, 5) is 4.81. The Morgan fingerprint density at radius 1 is 1.39 bits per heavy atom. The Kier molecular flexibility index (Phi) is 3.36. The third-order valence-corrected chi connectivity index (χ3v) is 4.25. The van der Waals surface area contributed by atoms with Crippen molar-refractivity contribution in [2.24, 2.45) is 0 Å². The molecule has 1 aliphatic rings. The quantitative estimate of drug-likeness (QED) is 0.783. The molecule has 1 saturated carbocycles. The molecule has 0 bridgehead atoms. The predicted molar refractivity (Wildman–Crippen MR) is 85.6 cm³/mol. The van der Waals surface area contributed by atoms with Gasteiger partial charge in [-0.25, -0.2) is 0 Å². The van der Waals surface area contributed by atoms with Crippen LogP contribution in [0.3, 0.4) is 0 Å². The molecule has 0 unspecified atom stereocenters. The average molecular weight is 373 g/mol. The van der Waals surface area contributed by atoms with Crippen LogP contribution in [0.25, 0.3) is 10.9 Å². The number of aromatic nitrogens is 1. The molecule has 1 N–H and O–H groups in total. The number of hydrogen-bond donors (Lipinski definition) is 1. The molecule has 2 nitrogen and oxygen atoms in total. The second-order valence-electron chi connectivity index (χ2n) is 4.68. The molecule has 1 aromatic carbocycles. The number of nitrogens with zero attached hydrogens (tertiary/aromatic N) is 1. The van der Waals surface area contributed by atoms with Gasteiger partial charge in [-0.1, -0.05) is 11.6 Å². The van der Waals surface area contributed by atoms with E-state index in [1.165, 1.54) is 18.5 Å². The van der Waals surface area contributed by atoms with Crippen molar-refractivity contribution in [1.29, 1.82) is 0 Å². The van der Waals surface area contributed by atoms with Crippen molar-refractivity contribution >= 4 is 50.8 Å². The van der Waals surface area contributed by atoms with E-state index >= 15 is 0 Å². The van der Waals surface area contributed by atoms with Gasteiger partial charge in [-0.15, -0.1) is 0 Å². The van der Waals surface area contributed by atoms with E-state index in [0.717, 1.165) is 31.7 Å². The summed E-state index contributed by atoms with van der Waals surface area (Å²) in [7, 11) is 0. The number of anilines is 1. The van der Waals surface area contributed by atoms with E-state index < -0.39 is 0 Å². The third-order valence-electron chi connectivity index (χ3n) is 3.21. The fraction of sp³-hybridized carbons (Fsp3) is 0.357. The fourth-order valence-electron chi connectivity index (χ4n) is 2.20. The highest BCUT2D eigenvalue weighted by atomic mass is 127. The first kappa shape index (κ1) is 12.5. The third kappa shape index (κ3) is 2.30. The lowest BCUT2D eigenvalue weighted by molar-refractivity contribution is 1.04. The monoisotopic (exact) mass is 372 g/mol. The van der Waals surface area contributed by atoms with E-state index in [-0.39, 0.29) is 0 Å². The number of hydrogen-bond acceptors (Lipinski definition) is 2. The first-order valence-electron chi connectivity index (χ1n) is 6.22. The zero-order chi connectivity index (χ0) is 12.7. The van der Waals surface area contributed by atoms with Gasteiger partial charge in [0.1, 0.15) is 0 Å². The summed E-state index contributed by atoms with van der Waals surface area (Å²) in [5, 5.41) is 5.32. The molecule has 2 aromatic rings. The summed E-state index contributed by atoms with van der Waals surface area (Å²) in [6.45, 7) is 3.02. The molecule has 4 heteroatoms. The molecule has 18 heavy (non-hydrogen) atoms. The van der Waals surface area contributed by atoms with Crippen LogP contribution >= 0.6 is 34.2 Å². The average Bonchev–Trinajstić information content (AvgIpc) is 3.14. The molecule has 0 aliphatic heterocycles. The summed E-state index contributed by atoms with van der Waals surface area (Å²) < 4.78 is 1.12. The van der Waals surface area contributed by atoms with Crippen molar-refractivity contribution in [3.63, 3.8) is 0 Å². The minimum Gasteiger partial charge on any atom is -0.385 e. The van der Waals surface area contributed by atoms with E-state index in [0.29, 0.717) is 5.92 Å². The van der Waals surface area contributed by atoms with Crippen LogP contribution in [0.4, 0.5) is 5.69 Å². The van der Waals surface area contributed by atoms with Crippen molar-refractivity contribution < 1.29 is 0 Å². The zero-order valence-electron chi connectivity index (χ0n) is 10.1. The van der Waals surface area contributed by atoms with Gasteiger partial charge in [0.2, 0.25) is 0 Å². The number of fused-ring (bicyclic) bond motifs is 1. The van der Waals surface area contributed by atoms with Gasteiger partial charge in [0.05, 0.1) is 5.52 Å². The Balaban J connectivity index is 2.26. The van der Waals surface area contributed by atoms with Crippen LogP contribution in [0, 0.1) is 3.57 Å². The summed E-state index contributed by atoms with van der Waals surface area (Å²) in [6.07, 6.45) is 2.54. The smallest absolute Gasteiger partial charge is 0.0860 e. The first-order valence-corrected chi connectivity index (χ1v) is 7.68. The van der Waals surface area contributed by atoms with E-state index in [9.17, 15) is 0 Å². The standard InChI is InChI=1S/C14H14ClIN2/c1-2-17-13-7-12(8-3-4-8)18-14-10(13)5-9(15)6-11(14)16/h5-8H,2-4H2,1H3,(H,17,18). The molecule has 0 amide bonds. The van der Waals surface area contributed by atoms with Gasteiger partial charge in [0.15, 0.2) is 0 Å². The minimum atomic E-state index is 0.665. The fourth-order valence-corrected chi connectivity index (χ4v) is 3.35. The molecule has 94 valence electrons. The normalized spacial score (nSPS) is 15.1. The van der Waals surface area contributed by atoms with E-state index in [1.54, 1.807) is 0 Å². The maximum Gasteiger partial charge on any atom is 0.0860 e. The Morgan fingerprint density at radius 3 is 2.83 bits per heavy atom. The highest BCUT2D eigenvalue weighted by Crippen LogP contribution is 2.41. The topological polar surface area (TPSA) is 24.9 Å². The number of rotatable bonds is 3. The van der Waals surface area contributed by atoms with Crippen LogP contribution in [0.15, 0.2) is 18.2 Å². The van der Waals surface area contributed by atoms with Crippen LogP contribution in [-0.4, -0.2) is 11.5 Å². The molecule has 3 rings (SSSR count). The molecule has 0 radical (unpaired) electrons. The lowest BCUT2D eigenvalue weighted by Crippen LogP contribution is -2.01. The minimum absolute atomic E-state index is 0.665. The van der Waals surface area contributed by atoms with Crippen LogP contribution in [0.5, 0.6) is 0 Å². The predicted octanol–water partition coefficient (Wildman–Crippen LogP) is 4.80. The molecular formula is C14H14ClIN2. The maximum absolute atomic E-state index is 6.15. The molecule has 0 saturated heterocycles. The molecule has 1 fully saturated rings. The van der Waals surface area contributed by atoms with Crippen molar-refractivity contribution in [1.82, 2.24) is 4.98 Å². The van der Waals surface area contributed by atoms with Crippen LogP contribution in [0.1, 0.15) is 31.4 Å². The van der Waals surface area contributed by atoms with Crippen molar-refractivity contribution in [3.05, 3.63) is 32.5 Å². The SMILES string of the molecule is CCNc1cc(C2CC2)nc2c(I)cc(Cl)cc12. The molecule has 1 aromatic heterocycles. The van der Waals surface area contributed by atoms with Crippen LogP contribution < -0.4 is 5.32 Å². The van der Waals surface area contributed by atoms with Crippen molar-refractivity contribution in [3.8, 4) is 0 Å². The maximum atomic E-state index is 6.15. The summed E-state index contributed by atoms with van der Waals surface area (Å²) in [5.74, 6) is 0.665. The highest BCUT2D eigenvalue weighted by Gasteiger charge is 2.26. The second-order valence-corrected chi connectivity index (χ2v) is 6.28. The Labute approximate surface area is 125 Å². The summed E-state index contributed by atoms with van der Waals surface area (Å²) in [5.41, 5.74) is 3.45. The van der Waals surface area contributed by atoms with Crippen molar-refractivity contribution in [2.75, 3.05) is 11.9 Å². The Bertz CT molecular complexity index is 608. The Hall–Kier alpha value is -0.550. The lowest BCUT2D eigenvalue weighted by atomic mass is 10.1. The van der Waals surface area contributed by atoms with Gasteiger partial charge < -0.3 is 5.32 Å². The Morgan fingerprint density at radius 2 is 2.17 bits per heavy atom. The number of pyridine rings is 1. The van der Waals surface area contributed by atoms with Crippen LogP contribution in [0.2, 0.25) is 5.02 Å². The molecule has 0 atom stereocenters. The summed E-state index contributed by atoms with van der Waals surface area (Å²) >= 11 is 8.46. The van der Waals surface area contributed by atoms with E-state index in [2.05, 4.69) is 40.9 Å². The van der Waals surface area contributed by atoms with Gasteiger partial charge >= 0.3 is 0 Å². The molecule has 0 spiro atoms. The molecule has 1 heterocycles. The molecular weight excluding hydrogens is 359 g/mol. The highest BCUT2D eigenvalue weighted by molar-refractivity contribution is 14.1. The largest absolute Gasteiger partial charge is 0.385 e. The van der Waals surface area contributed by atoms with Gasteiger partial charge in [-0.05, 0) is 60.6 Å². The first-order chi connectivity index (χ1) is 8.69.